The summed E-state index contributed by atoms with van der Waals surface area (Å²) >= 11 is 0. The highest BCUT2D eigenvalue weighted by Crippen LogP contribution is 2.49. The number of para-hydroxylation sites is 1. The molecule has 0 radical (unpaired) electrons. The van der Waals surface area contributed by atoms with Crippen LogP contribution in [-0.4, -0.2) is 15.0 Å². The molecule has 0 N–H and O–H groups in total. The van der Waals surface area contributed by atoms with E-state index >= 15 is 0 Å². The van der Waals surface area contributed by atoms with Gasteiger partial charge < -0.3 is 4.42 Å². The number of nitrogens with zero attached hydrogens (tertiary/aromatic N) is 3. The van der Waals surface area contributed by atoms with Gasteiger partial charge in [0.15, 0.2) is 17.5 Å². The third-order valence-corrected chi connectivity index (χ3v) is 9.27. The normalized spacial score (nSPS) is 11.8. The van der Waals surface area contributed by atoms with Gasteiger partial charge in [-0.15, -0.1) is 0 Å². The average Bonchev–Trinajstić information content (AvgIpc) is 3.69. The first-order chi connectivity index (χ1) is 23.3. The van der Waals surface area contributed by atoms with E-state index in [9.17, 15) is 0 Å². The van der Waals surface area contributed by atoms with Crippen LogP contribution < -0.4 is 0 Å². The molecular weight excluding hydrogens is 574 g/mol. The van der Waals surface area contributed by atoms with Crippen molar-refractivity contribution in [3.8, 4) is 67.5 Å². The van der Waals surface area contributed by atoms with E-state index in [1.54, 1.807) is 0 Å². The maximum absolute atomic E-state index is 6.24. The fourth-order valence-electron chi connectivity index (χ4n) is 7.20. The average molecular weight is 600 g/mol. The van der Waals surface area contributed by atoms with Crippen molar-refractivity contribution in [1.29, 1.82) is 0 Å². The van der Waals surface area contributed by atoms with E-state index in [1.165, 1.54) is 33.0 Å². The van der Waals surface area contributed by atoms with Gasteiger partial charge in [0.1, 0.15) is 11.2 Å². The van der Waals surface area contributed by atoms with Crippen LogP contribution in [-0.2, 0) is 0 Å². The van der Waals surface area contributed by atoms with Crippen LogP contribution >= 0.6 is 0 Å². The largest absolute Gasteiger partial charge is 0.456 e. The van der Waals surface area contributed by atoms with Gasteiger partial charge in [0.05, 0.1) is 0 Å². The molecule has 0 aliphatic heterocycles. The fourth-order valence-corrected chi connectivity index (χ4v) is 7.20. The summed E-state index contributed by atoms with van der Waals surface area (Å²) in [5.41, 5.74) is 11.8. The molecule has 218 valence electrons. The first kappa shape index (κ1) is 25.9. The zero-order valence-corrected chi connectivity index (χ0v) is 25.2. The summed E-state index contributed by atoms with van der Waals surface area (Å²) in [7, 11) is 0. The molecule has 7 aromatic carbocycles. The van der Waals surface area contributed by atoms with Gasteiger partial charge in [-0.2, -0.15) is 0 Å². The van der Waals surface area contributed by atoms with E-state index in [2.05, 4.69) is 91.0 Å². The highest BCUT2D eigenvalue weighted by atomic mass is 16.3. The van der Waals surface area contributed by atoms with E-state index in [1.807, 2.05) is 60.7 Å². The number of rotatable bonds is 4. The Morgan fingerprint density at radius 2 is 0.936 bits per heavy atom. The van der Waals surface area contributed by atoms with E-state index < -0.39 is 0 Å². The van der Waals surface area contributed by atoms with Crippen molar-refractivity contribution in [1.82, 2.24) is 15.0 Å². The molecule has 10 rings (SSSR count). The van der Waals surface area contributed by atoms with Gasteiger partial charge in [-0.05, 0) is 68.4 Å². The van der Waals surface area contributed by atoms with Gasteiger partial charge in [-0.25, -0.2) is 15.0 Å². The number of benzene rings is 7. The van der Waals surface area contributed by atoms with Gasteiger partial charge >= 0.3 is 0 Å². The molecule has 4 nitrogen and oxygen atoms in total. The van der Waals surface area contributed by atoms with E-state index in [-0.39, 0.29) is 0 Å². The molecule has 9 aromatic rings. The van der Waals surface area contributed by atoms with Crippen LogP contribution in [0.4, 0.5) is 0 Å². The van der Waals surface area contributed by atoms with Crippen LogP contribution in [0.15, 0.2) is 156 Å². The molecule has 1 aliphatic carbocycles. The summed E-state index contributed by atoms with van der Waals surface area (Å²) in [6, 6.07) is 52.7. The van der Waals surface area contributed by atoms with Crippen LogP contribution in [0.25, 0.3) is 100 Å². The van der Waals surface area contributed by atoms with Gasteiger partial charge in [-0.3, -0.25) is 0 Å². The Kier molecular flexibility index (Phi) is 5.54. The predicted molar refractivity (Wildman–Crippen MR) is 191 cm³/mol. The van der Waals surface area contributed by atoms with Gasteiger partial charge in [0.25, 0.3) is 0 Å². The third kappa shape index (κ3) is 3.98. The molecule has 0 saturated carbocycles. The first-order valence-corrected chi connectivity index (χ1v) is 15.8. The Bertz CT molecular complexity index is 2690. The van der Waals surface area contributed by atoms with Crippen LogP contribution in [0, 0.1) is 0 Å². The molecule has 0 unspecified atom stereocenters. The summed E-state index contributed by atoms with van der Waals surface area (Å²) in [5.74, 6) is 1.86. The van der Waals surface area contributed by atoms with E-state index in [4.69, 9.17) is 19.4 Å². The second-order valence-corrected chi connectivity index (χ2v) is 12.0. The van der Waals surface area contributed by atoms with E-state index in [0.29, 0.717) is 17.5 Å². The molecular formula is C43H25N3O. The Hall–Kier alpha value is -6.39. The molecule has 0 bridgehead atoms. The zero-order valence-electron chi connectivity index (χ0n) is 25.2. The second-order valence-electron chi connectivity index (χ2n) is 12.0. The summed E-state index contributed by atoms with van der Waals surface area (Å²) in [6.45, 7) is 0. The lowest BCUT2D eigenvalue weighted by Crippen LogP contribution is -2.01. The third-order valence-electron chi connectivity index (χ3n) is 9.27. The summed E-state index contributed by atoms with van der Waals surface area (Å²) in [4.78, 5) is 15.4. The molecule has 4 heteroatoms. The Morgan fingerprint density at radius 3 is 1.79 bits per heavy atom. The molecule has 0 atom stereocenters. The van der Waals surface area contributed by atoms with Crippen molar-refractivity contribution < 1.29 is 4.42 Å². The topological polar surface area (TPSA) is 51.8 Å². The number of furan rings is 1. The van der Waals surface area contributed by atoms with Crippen molar-refractivity contribution in [3.63, 3.8) is 0 Å². The van der Waals surface area contributed by atoms with Gasteiger partial charge in [-0.1, -0.05) is 127 Å². The smallest absolute Gasteiger partial charge is 0.164 e. The molecule has 0 fully saturated rings. The highest BCUT2D eigenvalue weighted by molar-refractivity contribution is 6.17. The van der Waals surface area contributed by atoms with Crippen molar-refractivity contribution in [2.24, 2.45) is 0 Å². The lowest BCUT2D eigenvalue weighted by atomic mass is 9.93. The Morgan fingerprint density at radius 1 is 0.340 bits per heavy atom. The number of hydrogen-bond donors (Lipinski definition) is 0. The lowest BCUT2D eigenvalue weighted by molar-refractivity contribution is 0.669. The molecule has 47 heavy (non-hydrogen) atoms. The van der Waals surface area contributed by atoms with Crippen LogP contribution in [0.1, 0.15) is 0 Å². The number of fused-ring (bicyclic) bond motifs is 6. The molecule has 1 aliphatic rings. The fraction of sp³-hybridized carbons (Fsp3) is 0. The van der Waals surface area contributed by atoms with Crippen molar-refractivity contribution in [3.05, 3.63) is 152 Å². The van der Waals surface area contributed by atoms with Crippen LogP contribution in [0.2, 0.25) is 0 Å². The minimum atomic E-state index is 0.608. The second kappa shape index (κ2) is 10.1. The summed E-state index contributed by atoms with van der Waals surface area (Å²) in [5, 5.41) is 4.57. The maximum atomic E-state index is 6.24. The minimum Gasteiger partial charge on any atom is -0.456 e. The molecule has 2 aromatic heterocycles. The maximum Gasteiger partial charge on any atom is 0.164 e. The predicted octanol–water partition coefficient (Wildman–Crippen LogP) is 11.2. The molecule has 2 heterocycles. The van der Waals surface area contributed by atoms with Gasteiger partial charge in [0, 0.05) is 27.5 Å². The Labute approximate surface area is 270 Å². The quantitative estimate of drug-likeness (QED) is 0.202. The van der Waals surface area contributed by atoms with Crippen molar-refractivity contribution >= 4 is 32.7 Å². The molecule has 0 spiro atoms. The summed E-state index contributed by atoms with van der Waals surface area (Å²) in [6.07, 6.45) is 0. The molecule has 0 amide bonds. The van der Waals surface area contributed by atoms with Gasteiger partial charge in [0.2, 0.25) is 0 Å². The molecule has 0 saturated heterocycles. The highest BCUT2D eigenvalue weighted by Gasteiger charge is 2.23. The first-order valence-electron chi connectivity index (χ1n) is 15.8. The van der Waals surface area contributed by atoms with Crippen molar-refractivity contribution in [2.75, 3.05) is 0 Å². The zero-order chi connectivity index (χ0) is 30.9. The summed E-state index contributed by atoms with van der Waals surface area (Å²) < 4.78 is 6.24. The standard InChI is InChI=1S/C43H25N3O/c1-2-12-26(13-3-1)41-44-42(46-43(45-41)35-21-11-23-38-40(35)34-19-8-9-22-37(34)47-38)33-18-7-4-15-29(33)28-24-27-14-10-20-32-30-16-5-6-17-31(30)36(25-28)39(27)32/h1-25H. The SMILES string of the molecule is c1ccc(-c2nc(-c3ccccc3-c3cc4c5c(cccc5c3)-c3ccccc3-4)nc(-c3cccc4oc5ccccc5c34)n2)cc1. The lowest BCUT2D eigenvalue weighted by Gasteiger charge is -2.14. The minimum absolute atomic E-state index is 0.608. The number of hydrogen-bond acceptors (Lipinski definition) is 4. The van der Waals surface area contributed by atoms with E-state index in [0.717, 1.165) is 49.8 Å². The Balaban J connectivity index is 1.22. The monoisotopic (exact) mass is 599 g/mol. The van der Waals surface area contributed by atoms with Crippen LogP contribution in [0.3, 0.4) is 0 Å². The number of aromatic nitrogens is 3. The van der Waals surface area contributed by atoms with Crippen molar-refractivity contribution in [2.45, 2.75) is 0 Å². The van der Waals surface area contributed by atoms with Crippen LogP contribution in [0.5, 0.6) is 0 Å².